The molecule has 0 radical (unpaired) electrons. The van der Waals surface area contributed by atoms with E-state index in [2.05, 4.69) is 36.2 Å². The summed E-state index contributed by atoms with van der Waals surface area (Å²) in [6, 6.07) is 4.38. The maximum absolute atomic E-state index is 11.5. The van der Waals surface area contributed by atoms with Crippen LogP contribution in [0.1, 0.15) is 31.5 Å². The van der Waals surface area contributed by atoms with E-state index in [1.807, 2.05) is 0 Å². The summed E-state index contributed by atoms with van der Waals surface area (Å²) in [7, 11) is -0.635. The molecule has 1 aromatic rings. The van der Waals surface area contributed by atoms with E-state index in [9.17, 15) is 4.21 Å². The topological polar surface area (TPSA) is 45.2 Å². The molecule has 0 unspecified atom stereocenters. The molecule has 2 heterocycles. The molecule has 0 bridgehead atoms. The lowest BCUT2D eigenvalue weighted by Gasteiger charge is -2.28. The number of aromatic nitrogens is 1. The molecule has 112 valence electrons. The second-order valence-corrected chi connectivity index (χ2v) is 6.89. The van der Waals surface area contributed by atoms with Gasteiger partial charge in [-0.2, -0.15) is 0 Å². The quantitative estimate of drug-likeness (QED) is 0.868. The van der Waals surface area contributed by atoms with Gasteiger partial charge >= 0.3 is 0 Å². The fraction of sp³-hybridized carbons (Fsp3) is 0.667. The van der Waals surface area contributed by atoms with Crippen molar-refractivity contribution in [1.82, 2.24) is 10.3 Å². The van der Waals surface area contributed by atoms with Crippen molar-refractivity contribution in [2.45, 2.75) is 33.2 Å². The van der Waals surface area contributed by atoms with Crippen molar-refractivity contribution in [3.8, 4) is 0 Å². The highest BCUT2D eigenvalue weighted by molar-refractivity contribution is 7.85. The van der Waals surface area contributed by atoms with Gasteiger partial charge in [0, 0.05) is 47.6 Å². The van der Waals surface area contributed by atoms with E-state index in [4.69, 9.17) is 4.98 Å². The van der Waals surface area contributed by atoms with E-state index in [0.717, 1.165) is 56.3 Å². The molecule has 0 spiro atoms. The summed E-state index contributed by atoms with van der Waals surface area (Å²) in [4.78, 5) is 7.05. The molecule has 1 N–H and O–H groups in total. The van der Waals surface area contributed by atoms with Crippen molar-refractivity contribution < 1.29 is 4.21 Å². The minimum absolute atomic E-state index is 0.635. The summed E-state index contributed by atoms with van der Waals surface area (Å²) in [5, 5.41) is 3.38. The summed E-state index contributed by atoms with van der Waals surface area (Å²) >= 11 is 0. The lowest BCUT2D eigenvalue weighted by molar-refractivity contribution is 0.671. The van der Waals surface area contributed by atoms with E-state index >= 15 is 0 Å². The molecule has 4 nitrogen and oxygen atoms in total. The van der Waals surface area contributed by atoms with Gasteiger partial charge in [0.2, 0.25) is 0 Å². The van der Waals surface area contributed by atoms with Gasteiger partial charge in [-0.1, -0.05) is 20.3 Å². The average molecular weight is 295 g/mol. The molecule has 1 aliphatic rings. The Labute approximate surface area is 124 Å². The summed E-state index contributed by atoms with van der Waals surface area (Å²) in [6.07, 6.45) is 2.13. The SMILES string of the molecule is CCCc1cc(CNCC)cc(N2CCS(=O)CC2)n1. The van der Waals surface area contributed by atoms with Crippen LogP contribution in [0.3, 0.4) is 0 Å². The molecular weight excluding hydrogens is 270 g/mol. The number of nitrogens with zero attached hydrogens (tertiary/aromatic N) is 2. The van der Waals surface area contributed by atoms with Crippen molar-refractivity contribution in [2.24, 2.45) is 0 Å². The normalized spacial score (nSPS) is 16.6. The molecular formula is C15H25N3OS. The fourth-order valence-corrected chi connectivity index (χ4v) is 3.47. The van der Waals surface area contributed by atoms with Crippen LogP contribution in [-0.4, -0.2) is 40.3 Å². The Bertz CT molecular complexity index is 454. The second kappa shape index (κ2) is 7.74. The molecule has 5 heteroatoms. The summed E-state index contributed by atoms with van der Waals surface area (Å²) in [5.74, 6) is 2.59. The highest BCUT2D eigenvalue weighted by Gasteiger charge is 2.17. The molecule has 0 atom stereocenters. The first kappa shape index (κ1) is 15.4. The molecule has 1 aliphatic heterocycles. The molecule has 0 saturated carbocycles. The van der Waals surface area contributed by atoms with Crippen LogP contribution < -0.4 is 10.2 Å². The van der Waals surface area contributed by atoms with Gasteiger partial charge in [0.25, 0.3) is 0 Å². The van der Waals surface area contributed by atoms with Crippen molar-refractivity contribution in [3.63, 3.8) is 0 Å². The predicted molar refractivity (Wildman–Crippen MR) is 85.7 cm³/mol. The van der Waals surface area contributed by atoms with Crippen molar-refractivity contribution in [2.75, 3.05) is 36.0 Å². The molecule has 0 aromatic carbocycles. The van der Waals surface area contributed by atoms with Gasteiger partial charge in [0.1, 0.15) is 5.82 Å². The molecule has 1 saturated heterocycles. The Morgan fingerprint density at radius 3 is 2.70 bits per heavy atom. The zero-order valence-corrected chi connectivity index (χ0v) is 13.3. The minimum Gasteiger partial charge on any atom is -0.355 e. The molecule has 1 aromatic heterocycles. The van der Waals surface area contributed by atoms with Crippen LogP contribution in [-0.2, 0) is 23.8 Å². The first-order valence-electron chi connectivity index (χ1n) is 7.53. The number of pyridine rings is 1. The summed E-state index contributed by atoms with van der Waals surface area (Å²) in [5.41, 5.74) is 2.47. The lowest BCUT2D eigenvalue weighted by Crippen LogP contribution is -2.38. The molecule has 20 heavy (non-hydrogen) atoms. The first-order chi connectivity index (χ1) is 9.72. The van der Waals surface area contributed by atoms with Gasteiger partial charge in [0.05, 0.1) is 0 Å². The van der Waals surface area contributed by atoms with Crippen molar-refractivity contribution in [1.29, 1.82) is 0 Å². The molecule has 2 rings (SSSR count). The summed E-state index contributed by atoms with van der Waals surface area (Å²) < 4.78 is 11.5. The maximum atomic E-state index is 11.5. The van der Waals surface area contributed by atoms with Crippen molar-refractivity contribution in [3.05, 3.63) is 23.4 Å². The highest BCUT2D eigenvalue weighted by atomic mass is 32.2. The van der Waals surface area contributed by atoms with Crippen LogP contribution in [0.25, 0.3) is 0 Å². The third-order valence-corrected chi connectivity index (χ3v) is 4.79. The fourth-order valence-electron chi connectivity index (χ4n) is 2.42. The Hall–Kier alpha value is -0.940. The number of nitrogens with one attached hydrogen (secondary N) is 1. The number of anilines is 1. The minimum atomic E-state index is -0.635. The number of rotatable bonds is 6. The van der Waals surface area contributed by atoms with Gasteiger partial charge in [0.15, 0.2) is 0 Å². The smallest absolute Gasteiger partial charge is 0.129 e. The standard InChI is InChI=1S/C15H25N3OS/c1-3-5-14-10-13(12-16-4-2)11-15(17-14)18-6-8-20(19)9-7-18/h10-11,16H,3-9,12H2,1-2H3. The van der Waals surface area contributed by atoms with E-state index in [1.165, 1.54) is 11.3 Å². The Kier molecular flexibility index (Phi) is 5.98. The van der Waals surface area contributed by atoms with Crippen LogP contribution in [0.5, 0.6) is 0 Å². The maximum Gasteiger partial charge on any atom is 0.129 e. The van der Waals surface area contributed by atoms with Crippen LogP contribution in [0, 0.1) is 0 Å². The van der Waals surface area contributed by atoms with Gasteiger partial charge in [-0.25, -0.2) is 4.98 Å². The Balaban J connectivity index is 2.17. The second-order valence-electron chi connectivity index (χ2n) is 5.19. The molecule has 0 aliphatic carbocycles. The van der Waals surface area contributed by atoms with Gasteiger partial charge in [-0.15, -0.1) is 0 Å². The first-order valence-corrected chi connectivity index (χ1v) is 9.02. The van der Waals surface area contributed by atoms with E-state index in [-0.39, 0.29) is 0 Å². The number of hydrogen-bond acceptors (Lipinski definition) is 4. The summed E-state index contributed by atoms with van der Waals surface area (Å²) in [6.45, 7) is 7.88. The Morgan fingerprint density at radius 2 is 2.05 bits per heavy atom. The van der Waals surface area contributed by atoms with Gasteiger partial charge in [-0.05, 0) is 30.7 Å². The number of aryl methyl sites for hydroxylation is 1. The largest absolute Gasteiger partial charge is 0.355 e. The zero-order valence-electron chi connectivity index (χ0n) is 12.5. The van der Waals surface area contributed by atoms with E-state index < -0.39 is 10.8 Å². The lowest BCUT2D eigenvalue weighted by atomic mass is 10.1. The van der Waals surface area contributed by atoms with Crippen LogP contribution in [0.4, 0.5) is 5.82 Å². The van der Waals surface area contributed by atoms with Crippen LogP contribution in [0.15, 0.2) is 12.1 Å². The van der Waals surface area contributed by atoms with Gasteiger partial charge in [-0.3, -0.25) is 4.21 Å². The van der Waals surface area contributed by atoms with E-state index in [1.54, 1.807) is 0 Å². The average Bonchev–Trinajstić information content (AvgIpc) is 2.46. The van der Waals surface area contributed by atoms with Crippen LogP contribution in [0.2, 0.25) is 0 Å². The van der Waals surface area contributed by atoms with Gasteiger partial charge < -0.3 is 10.2 Å². The Morgan fingerprint density at radius 1 is 1.30 bits per heavy atom. The van der Waals surface area contributed by atoms with E-state index in [0.29, 0.717) is 0 Å². The number of hydrogen-bond donors (Lipinski definition) is 1. The monoisotopic (exact) mass is 295 g/mol. The zero-order chi connectivity index (χ0) is 14.4. The molecule has 0 amide bonds. The van der Waals surface area contributed by atoms with Crippen LogP contribution >= 0.6 is 0 Å². The third-order valence-electron chi connectivity index (χ3n) is 3.51. The van der Waals surface area contributed by atoms with Crippen molar-refractivity contribution >= 4 is 16.6 Å². The highest BCUT2D eigenvalue weighted by Crippen LogP contribution is 2.18. The predicted octanol–water partition coefficient (Wildman–Crippen LogP) is 1.71. The molecule has 1 fully saturated rings. The third kappa shape index (κ3) is 4.28.